The monoisotopic (exact) mass is 322 g/mol. The van der Waals surface area contributed by atoms with Gasteiger partial charge in [0.25, 0.3) is 0 Å². The van der Waals surface area contributed by atoms with Crippen LogP contribution in [0.25, 0.3) is 0 Å². The van der Waals surface area contributed by atoms with E-state index >= 15 is 0 Å². The number of anilines is 1. The number of benzene rings is 2. The number of hydrogen-bond donors (Lipinski definition) is 2. The number of carbonyl (C=O) groups excluding carboxylic acids is 1. The molecule has 5 heteroatoms. The van der Waals surface area contributed by atoms with Crippen LogP contribution in [0.2, 0.25) is 10.0 Å². The standard InChI is InChI=1S/C16H16Cl2N2O/c1-11-2-5-14(18)8-15(11)19-10-16(21)20-9-12-3-6-13(17)7-4-12/h2-8,19H,9-10H2,1H3,(H,20,21). The number of hydrogen-bond acceptors (Lipinski definition) is 2. The van der Waals surface area contributed by atoms with Crippen LogP contribution in [0.4, 0.5) is 5.69 Å². The molecule has 0 saturated carbocycles. The number of amides is 1. The minimum absolute atomic E-state index is 0.0793. The Hall–Kier alpha value is -1.71. The van der Waals surface area contributed by atoms with Gasteiger partial charge in [-0.3, -0.25) is 4.79 Å². The maximum Gasteiger partial charge on any atom is 0.239 e. The van der Waals surface area contributed by atoms with Gasteiger partial charge in [0.1, 0.15) is 0 Å². The average Bonchev–Trinajstić information content (AvgIpc) is 2.47. The van der Waals surface area contributed by atoms with Gasteiger partial charge in [0.15, 0.2) is 0 Å². The highest BCUT2D eigenvalue weighted by atomic mass is 35.5. The Labute approximate surface area is 134 Å². The summed E-state index contributed by atoms with van der Waals surface area (Å²) >= 11 is 11.7. The Kier molecular flexibility index (Phi) is 5.48. The number of carbonyl (C=O) groups is 1. The molecule has 0 spiro atoms. The Balaban J connectivity index is 1.82. The Morgan fingerprint density at radius 3 is 2.43 bits per heavy atom. The lowest BCUT2D eigenvalue weighted by Crippen LogP contribution is -2.29. The van der Waals surface area contributed by atoms with Crippen LogP contribution in [0.1, 0.15) is 11.1 Å². The van der Waals surface area contributed by atoms with Crippen molar-refractivity contribution in [2.75, 3.05) is 11.9 Å². The van der Waals surface area contributed by atoms with Crippen LogP contribution in [0, 0.1) is 6.92 Å². The van der Waals surface area contributed by atoms with Crippen molar-refractivity contribution in [3.8, 4) is 0 Å². The van der Waals surface area contributed by atoms with Gasteiger partial charge in [0, 0.05) is 22.3 Å². The molecule has 0 aliphatic carbocycles. The molecule has 0 aliphatic rings. The van der Waals surface area contributed by atoms with E-state index in [1.54, 1.807) is 12.1 Å². The van der Waals surface area contributed by atoms with Gasteiger partial charge < -0.3 is 10.6 Å². The van der Waals surface area contributed by atoms with Crippen molar-refractivity contribution < 1.29 is 4.79 Å². The van der Waals surface area contributed by atoms with E-state index in [0.29, 0.717) is 16.6 Å². The number of rotatable bonds is 5. The third kappa shape index (κ3) is 4.96. The number of aryl methyl sites for hydroxylation is 1. The van der Waals surface area contributed by atoms with Crippen LogP contribution in [-0.2, 0) is 11.3 Å². The van der Waals surface area contributed by atoms with Crippen molar-refractivity contribution in [2.45, 2.75) is 13.5 Å². The zero-order chi connectivity index (χ0) is 15.2. The Bertz CT molecular complexity index is 627. The Morgan fingerprint density at radius 1 is 1.05 bits per heavy atom. The first-order chi connectivity index (χ1) is 10.0. The summed E-state index contributed by atoms with van der Waals surface area (Å²) in [6.07, 6.45) is 0. The van der Waals surface area contributed by atoms with E-state index in [1.165, 1.54) is 0 Å². The second-order valence-corrected chi connectivity index (χ2v) is 5.59. The first-order valence-electron chi connectivity index (χ1n) is 6.56. The zero-order valence-corrected chi connectivity index (χ0v) is 13.1. The fraction of sp³-hybridized carbons (Fsp3) is 0.188. The minimum atomic E-state index is -0.0793. The van der Waals surface area contributed by atoms with Crippen LogP contribution >= 0.6 is 23.2 Å². The van der Waals surface area contributed by atoms with Gasteiger partial charge in [-0.25, -0.2) is 0 Å². The van der Waals surface area contributed by atoms with E-state index in [1.807, 2.05) is 37.3 Å². The summed E-state index contributed by atoms with van der Waals surface area (Å²) in [6.45, 7) is 2.64. The smallest absolute Gasteiger partial charge is 0.239 e. The molecule has 0 bridgehead atoms. The van der Waals surface area contributed by atoms with Gasteiger partial charge in [-0.2, -0.15) is 0 Å². The SMILES string of the molecule is Cc1ccc(Cl)cc1NCC(=O)NCc1ccc(Cl)cc1. The summed E-state index contributed by atoms with van der Waals surface area (Å²) in [5, 5.41) is 7.25. The van der Waals surface area contributed by atoms with Crippen molar-refractivity contribution in [1.29, 1.82) is 0 Å². The summed E-state index contributed by atoms with van der Waals surface area (Å²) in [7, 11) is 0. The molecule has 0 unspecified atom stereocenters. The normalized spacial score (nSPS) is 10.2. The van der Waals surface area contributed by atoms with Gasteiger partial charge in [-0.15, -0.1) is 0 Å². The molecule has 0 heterocycles. The predicted molar refractivity (Wildman–Crippen MR) is 88.0 cm³/mol. The third-order valence-corrected chi connectivity index (χ3v) is 3.53. The number of halogens is 2. The van der Waals surface area contributed by atoms with Gasteiger partial charge in [-0.05, 0) is 42.3 Å². The third-order valence-electron chi connectivity index (χ3n) is 3.04. The molecule has 0 aliphatic heterocycles. The summed E-state index contributed by atoms with van der Waals surface area (Å²) < 4.78 is 0. The molecule has 110 valence electrons. The maximum absolute atomic E-state index is 11.8. The highest BCUT2D eigenvalue weighted by Crippen LogP contribution is 2.19. The van der Waals surface area contributed by atoms with Crippen molar-refractivity contribution in [3.05, 3.63) is 63.6 Å². The van der Waals surface area contributed by atoms with E-state index in [4.69, 9.17) is 23.2 Å². The van der Waals surface area contributed by atoms with Crippen molar-refractivity contribution >= 4 is 34.8 Å². The van der Waals surface area contributed by atoms with E-state index in [0.717, 1.165) is 16.8 Å². The molecule has 2 rings (SSSR count). The second kappa shape index (κ2) is 7.34. The largest absolute Gasteiger partial charge is 0.376 e. The zero-order valence-electron chi connectivity index (χ0n) is 11.6. The van der Waals surface area contributed by atoms with Gasteiger partial charge in [0.2, 0.25) is 5.91 Å². The summed E-state index contributed by atoms with van der Waals surface area (Å²) in [6, 6.07) is 12.9. The van der Waals surface area contributed by atoms with Crippen LogP contribution in [0.15, 0.2) is 42.5 Å². The van der Waals surface area contributed by atoms with Crippen molar-refractivity contribution in [2.24, 2.45) is 0 Å². The van der Waals surface area contributed by atoms with Crippen LogP contribution in [0.3, 0.4) is 0 Å². The van der Waals surface area contributed by atoms with E-state index < -0.39 is 0 Å². The number of nitrogens with one attached hydrogen (secondary N) is 2. The highest BCUT2D eigenvalue weighted by Gasteiger charge is 2.04. The lowest BCUT2D eigenvalue weighted by molar-refractivity contribution is -0.119. The maximum atomic E-state index is 11.8. The van der Waals surface area contributed by atoms with Gasteiger partial charge in [0.05, 0.1) is 6.54 Å². The summed E-state index contributed by atoms with van der Waals surface area (Å²) in [4.78, 5) is 11.8. The first kappa shape index (κ1) is 15.7. The molecule has 21 heavy (non-hydrogen) atoms. The van der Waals surface area contributed by atoms with Crippen molar-refractivity contribution in [3.63, 3.8) is 0 Å². The quantitative estimate of drug-likeness (QED) is 0.872. The molecule has 0 saturated heterocycles. The molecule has 0 fully saturated rings. The molecular formula is C16H16Cl2N2O. The van der Waals surface area contributed by atoms with Crippen LogP contribution in [-0.4, -0.2) is 12.5 Å². The molecule has 2 aromatic rings. The van der Waals surface area contributed by atoms with E-state index in [2.05, 4.69) is 10.6 Å². The molecule has 0 atom stereocenters. The van der Waals surface area contributed by atoms with Crippen LogP contribution < -0.4 is 10.6 Å². The van der Waals surface area contributed by atoms with E-state index in [9.17, 15) is 4.79 Å². The average molecular weight is 323 g/mol. The summed E-state index contributed by atoms with van der Waals surface area (Å²) in [5.41, 5.74) is 2.92. The predicted octanol–water partition coefficient (Wildman–Crippen LogP) is 4.03. The Morgan fingerprint density at radius 2 is 1.71 bits per heavy atom. The first-order valence-corrected chi connectivity index (χ1v) is 7.31. The molecule has 3 nitrogen and oxygen atoms in total. The second-order valence-electron chi connectivity index (χ2n) is 4.72. The van der Waals surface area contributed by atoms with Gasteiger partial charge in [-0.1, -0.05) is 41.4 Å². The minimum Gasteiger partial charge on any atom is -0.376 e. The van der Waals surface area contributed by atoms with Crippen molar-refractivity contribution in [1.82, 2.24) is 5.32 Å². The van der Waals surface area contributed by atoms with E-state index in [-0.39, 0.29) is 12.5 Å². The molecule has 2 aromatic carbocycles. The summed E-state index contributed by atoms with van der Waals surface area (Å²) in [5.74, 6) is -0.0793. The van der Waals surface area contributed by atoms with Crippen LogP contribution in [0.5, 0.6) is 0 Å². The fourth-order valence-electron chi connectivity index (χ4n) is 1.83. The molecule has 0 aromatic heterocycles. The fourth-order valence-corrected chi connectivity index (χ4v) is 2.12. The molecule has 1 amide bonds. The molecular weight excluding hydrogens is 307 g/mol. The molecule has 2 N–H and O–H groups in total. The lowest BCUT2D eigenvalue weighted by atomic mass is 10.2. The highest BCUT2D eigenvalue weighted by molar-refractivity contribution is 6.31. The topological polar surface area (TPSA) is 41.1 Å². The lowest BCUT2D eigenvalue weighted by Gasteiger charge is -2.10. The van der Waals surface area contributed by atoms with Gasteiger partial charge >= 0.3 is 0 Å². The molecule has 0 radical (unpaired) electrons.